The molecule has 3 rings (SSSR count). The zero-order chi connectivity index (χ0) is 19.4. The lowest BCUT2D eigenvalue weighted by molar-refractivity contribution is -0.274. The first kappa shape index (κ1) is 19.0. The number of aromatic amines is 1. The summed E-state index contributed by atoms with van der Waals surface area (Å²) in [6.45, 7) is 0.309. The smallest absolute Gasteiger partial charge is 0.406 e. The van der Waals surface area contributed by atoms with E-state index in [4.69, 9.17) is 0 Å². The largest absolute Gasteiger partial charge is 0.573 e. The van der Waals surface area contributed by atoms with Crippen molar-refractivity contribution >= 4 is 21.6 Å². The monoisotopic (exact) mass is 442 g/mol. The van der Waals surface area contributed by atoms with Gasteiger partial charge in [0.2, 0.25) is 0 Å². The van der Waals surface area contributed by atoms with Gasteiger partial charge in [0, 0.05) is 10.2 Å². The SMILES string of the molecule is O=c1[nH]c(CNc2ccc(Br)cc2)nn1Cc1cccc(OC(F)(F)F)c1. The molecule has 1 heterocycles. The van der Waals surface area contributed by atoms with E-state index in [0.29, 0.717) is 17.9 Å². The Kier molecular flexibility index (Phi) is 5.54. The van der Waals surface area contributed by atoms with Crippen LogP contribution in [0.2, 0.25) is 0 Å². The first-order valence-electron chi connectivity index (χ1n) is 7.79. The fourth-order valence-corrected chi connectivity index (χ4v) is 2.62. The third kappa shape index (κ3) is 5.61. The average molecular weight is 443 g/mol. The van der Waals surface area contributed by atoms with Gasteiger partial charge in [-0.25, -0.2) is 9.48 Å². The molecule has 0 bridgehead atoms. The maximum Gasteiger partial charge on any atom is 0.573 e. The molecular formula is C17H14BrF3N4O2. The van der Waals surface area contributed by atoms with Crippen LogP contribution in [0.3, 0.4) is 0 Å². The Morgan fingerprint density at radius 3 is 2.63 bits per heavy atom. The number of nitrogens with one attached hydrogen (secondary N) is 2. The second kappa shape index (κ2) is 7.87. The number of benzene rings is 2. The highest BCUT2D eigenvalue weighted by molar-refractivity contribution is 9.10. The molecule has 0 aliphatic heterocycles. The van der Waals surface area contributed by atoms with Crippen molar-refractivity contribution in [3.05, 3.63) is 74.9 Å². The number of alkyl halides is 3. The molecule has 2 N–H and O–H groups in total. The Morgan fingerprint density at radius 2 is 1.93 bits per heavy atom. The van der Waals surface area contributed by atoms with Crippen LogP contribution in [0.15, 0.2) is 57.8 Å². The van der Waals surface area contributed by atoms with E-state index in [9.17, 15) is 18.0 Å². The van der Waals surface area contributed by atoms with Crippen LogP contribution in [0.5, 0.6) is 5.75 Å². The van der Waals surface area contributed by atoms with Crippen LogP contribution in [0.4, 0.5) is 18.9 Å². The molecule has 27 heavy (non-hydrogen) atoms. The van der Waals surface area contributed by atoms with Gasteiger partial charge in [0.25, 0.3) is 0 Å². The summed E-state index contributed by atoms with van der Waals surface area (Å²) in [6, 6.07) is 12.9. The molecule has 1 aromatic heterocycles. The third-order valence-electron chi connectivity index (χ3n) is 3.50. The van der Waals surface area contributed by atoms with E-state index in [1.807, 2.05) is 24.3 Å². The maximum atomic E-state index is 12.3. The number of hydrogen-bond acceptors (Lipinski definition) is 4. The highest BCUT2D eigenvalue weighted by Gasteiger charge is 2.31. The summed E-state index contributed by atoms with van der Waals surface area (Å²) >= 11 is 3.34. The molecule has 2 aromatic carbocycles. The molecule has 142 valence electrons. The predicted molar refractivity (Wildman–Crippen MR) is 96.5 cm³/mol. The van der Waals surface area contributed by atoms with Crippen LogP contribution >= 0.6 is 15.9 Å². The summed E-state index contributed by atoms with van der Waals surface area (Å²) in [4.78, 5) is 14.6. The zero-order valence-electron chi connectivity index (χ0n) is 13.8. The minimum Gasteiger partial charge on any atom is -0.406 e. The second-order valence-corrected chi connectivity index (χ2v) is 6.51. The lowest BCUT2D eigenvalue weighted by Crippen LogP contribution is -2.19. The van der Waals surface area contributed by atoms with Crippen molar-refractivity contribution in [2.24, 2.45) is 0 Å². The summed E-state index contributed by atoms with van der Waals surface area (Å²) in [6.07, 6.45) is -4.77. The topological polar surface area (TPSA) is 71.9 Å². The number of nitrogens with zero attached hydrogens (tertiary/aromatic N) is 2. The van der Waals surface area contributed by atoms with Gasteiger partial charge in [0.05, 0.1) is 13.1 Å². The number of halogens is 4. The number of H-pyrrole nitrogens is 1. The normalized spacial score (nSPS) is 11.4. The van der Waals surface area contributed by atoms with Gasteiger partial charge in [0.15, 0.2) is 0 Å². The van der Waals surface area contributed by atoms with E-state index in [1.54, 1.807) is 6.07 Å². The number of ether oxygens (including phenoxy) is 1. The van der Waals surface area contributed by atoms with E-state index >= 15 is 0 Å². The molecule has 0 radical (unpaired) electrons. The van der Waals surface area contributed by atoms with Crippen molar-refractivity contribution in [2.45, 2.75) is 19.5 Å². The van der Waals surface area contributed by atoms with Gasteiger partial charge in [0.1, 0.15) is 11.6 Å². The summed E-state index contributed by atoms with van der Waals surface area (Å²) in [5, 5.41) is 7.27. The molecule has 0 aliphatic rings. The molecule has 6 nitrogen and oxygen atoms in total. The number of aromatic nitrogens is 3. The molecule has 0 amide bonds. The predicted octanol–water partition coefficient (Wildman–Crippen LogP) is 3.89. The molecule has 0 aliphatic carbocycles. The molecule has 0 saturated carbocycles. The Labute approximate surface area is 160 Å². The molecule has 3 aromatic rings. The Hall–Kier alpha value is -2.75. The van der Waals surface area contributed by atoms with Crippen LogP contribution in [0.25, 0.3) is 0 Å². The minimum atomic E-state index is -4.77. The summed E-state index contributed by atoms with van der Waals surface area (Å²) in [5.41, 5.74) is 0.855. The fourth-order valence-electron chi connectivity index (χ4n) is 2.36. The standard InChI is InChI=1S/C17H14BrF3N4O2/c18-12-4-6-13(7-5-12)22-9-15-23-16(26)25(24-15)10-11-2-1-3-14(8-11)27-17(19,20)21/h1-8,22H,9-10H2,(H,23,24,26). The lowest BCUT2D eigenvalue weighted by Gasteiger charge is -2.09. The molecule has 0 unspecified atom stereocenters. The maximum absolute atomic E-state index is 12.3. The van der Waals surface area contributed by atoms with Gasteiger partial charge in [-0.3, -0.25) is 4.98 Å². The van der Waals surface area contributed by atoms with E-state index in [-0.39, 0.29) is 12.3 Å². The summed E-state index contributed by atoms with van der Waals surface area (Å²) < 4.78 is 42.9. The van der Waals surface area contributed by atoms with E-state index < -0.39 is 12.1 Å². The van der Waals surface area contributed by atoms with E-state index in [2.05, 4.69) is 36.1 Å². The van der Waals surface area contributed by atoms with Crippen molar-refractivity contribution in [1.29, 1.82) is 0 Å². The van der Waals surface area contributed by atoms with Crippen LogP contribution < -0.4 is 15.7 Å². The van der Waals surface area contributed by atoms with Crippen LogP contribution in [-0.4, -0.2) is 21.1 Å². The molecule has 10 heteroatoms. The first-order chi connectivity index (χ1) is 12.8. The summed E-state index contributed by atoms with van der Waals surface area (Å²) in [7, 11) is 0. The highest BCUT2D eigenvalue weighted by atomic mass is 79.9. The van der Waals surface area contributed by atoms with Gasteiger partial charge in [-0.05, 0) is 42.0 Å². The molecule has 0 fully saturated rings. The Balaban J connectivity index is 1.67. The number of rotatable bonds is 6. The van der Waals surface area contributed by atoms with Gasteiger partial charge >= 0.3 is 12.1 Å². The molecule has 0 spiro atoms. The van der Waals surface area contributed by atoms with Crippen molar-refractivity contribution in [2.75, 3.05) is 5.32 Å². The van der Waals surface area contributed by atoms with Crippen molar-refractivity contribution in [3.8, 4) is 5.75 Å². The van der Waals surface area contributed by atoms with Crippen molar-refractivity contribution in [1.82, 2.24) is 14.8 Å². The zero-order valence-corrected chi connectivity index (χ0v) is 15.3. The Bertz CT molecular complexity index is 967. The van der Waals surface area contributed by atoms with Crippen LogP contribution in [0, 0.1) is 0 Å². The van der Waals surface area contributed by atoms with E-state index in [0.717, 1.165) is 14.8 Å². The first-order valence-corrected chi connectivity index (χ1v) is 8.58. The van der Waals surface area contributed by atoms with Gasteiger partial charge in [-0.2, -0.15) is 5.10 Å². The fraction of sp³-hybridized carbons (Fsp3) is 0.176. The van der Waals surface area contributed by atoms with Gasteiger partial charge in [-0.1, -0.05) is 28.1 Å². The second-order valence-electron chi connectivity index (χ2n) is 5.59. The van der Waals surface area contributed by atoms with Crippen molar-refractivity contribution in [3.63, 3.8) is 0 Å². The average Bonchev–Trinajstić information content (AvgIpc) is 2.93. The Morgan fingerprint density at radius 1 is 1.19 bits per heavy atom. The summed E-state index contributed by atoms with van der Waals surface area (Å²) in [5.74, 6) is 0.0614. The van der Waals surface area contributed by atoms with Gasteiger partial charge in [-0.15, -0.1) is 13.2 Å². The molecule has 0 saturated heterocycles. The molecular weight excluding hydrogens is 429 g/mol. The van der Waals surface area contributed by atoms with Crippen LogP contribution in [0.1, 0.15) is 11.4 Å². The van der Waals surface area contributed by atoms with Crippen molar-refractivity contribution < 1.29 is 17.9 Å². The quantitative estimate of drug-likeness (QED) is 0.607. The van der Waals surface area contributed by atoms with Gasteiger partial charge < -0.3 is 10.1 Å². The van der Waals surface area contributed by atoms with E-state index in [1.165, 1.54) is 18.2 Å². The third-order valence-corrected chi connectivity index (χ3v) is 4.02. The molecule has 0 atom stereocenters. The number of anilines is 1. The highest BCUT2D eigenvalue weighted by Crippen LogP contribution is 2.23. The lowest BCUT2D eigenvalue weighted by atomic mass is 10.2. The minimum absolute atomic E-state index is 0.0165. The number of hydrogen-bond donors (Lipinski definition) is 2. The van der Waals surface area contributed by atoms with Crippen LogP contribution in [-0.2, 0) is 13.1 Å².